The van der Waals surface area contributed by atoms with Crippen molar-refractivity contribution in [1.29, 1.82) is 0 Å². The van der Waals surface area contributed by atoms with E-state index in [9.17, 15) is 4.79 Å². The van der Waals surface area contributed by atoms with Crippen molar-refractivity contribution in [1.82, 2.24) is 16.2 Å². The summed E-state index contributed by atoms with van der Waals surface area (Å²) >= 11 is 12.4. The van der Waals surface area contributed by atoms with Gasteiger partial charge in [0, 0.05) is 28.3 Å². The quantitative estimate of drug-likeness (QED) is 0.768. The number of fused-ring (bicyclic) bond motifs is 1. The Morgan fingerprint density at radius 3 is 2.46 bits per heavy atom. The molecule has 124 valence electrons. The molecule has 1 amide bonds. The molecule has 4 unspecified atom stereocenters. The second-order valence-electron chi connectivity index (χ2n) is 6.27. The number of carbonyl (C=O) groups is 1. The molecule has 0 aromatic heterocycles. The maximum Gasteiger partial charge on any atom is 0.221 e. The van der Waals surface area contributed by atoms with Crippen LogP contribution in [0.3, 0.4) is 0 Å². The summed E-state index contributed by atoms with van der Waals surface area (Å²) in [7, 11) is 0. The number of hydrazine groups is 1. The lowest BCUT2D eigenvalue weighted by atomic mass is 9.74. The van der Waals surface area contributed by atoms with E-state index in [-0.39, 0.29) is 30.0 Å². The number of hydrogen-bond donors (Lipinski definition) is 3. The largest absolute Gasteiger partial charge is 0.339 e. The van der Waals surface area contributed by atoms with E-state index in [1.165, 1.54) is 0 Å². The van der Waals surface area contributed by atoms with Crippen LogP contribution in [0, 0.1) is 5.92 Å². The topological polar surface area (TPSA) is 53.2 Å². The van der Waals surface area contributed by atoms with E-state index in [2.05, 4.69) is 16.2 Å². The molecular formula is C18H17Cl2N3O. The van der Waals surface area contributed by atoms with Crippen molar-refractivity contribution in [2.24, 2.45) is 5.92 Å². The highest BCUT2D eigenvalue weighted by Gasteiger charge is 2.47. The Labute approximate surface area is 150 Å². The Morgan fingerprint density at radius 2 is 1.71 bits per heavy atom. The smallest absolute Gasteiger partial charge is 0.221 e. The minimum Gasteiger partial charge on any atom is -0.339 e. The first-order valence-corrected chi connectivity index (χ1v) is 8.69. The van der Waals surface area contributed by atoms with Crippen molar-refractivity contribution in [2.75, 3.05) is 0 Å². The third kappa shape index (κ3) is 2.80. The number of amides is 1. The van der Waals surface area contributed by atoms with Crippen molar-refractivity contribution < 1.29 is 4.79 Å². The summed E-state index contributed by atoms with van der Waals surface area (Å²) in [5.41, 5.74) is 8.69. The average Bonchev–Trinajstić information content (AvgIpc) is 2.99. The molecule has 4 rings (SSSR count). The van der Waals surface area contributed by atoms with Crippen molar-refractivity contribution in [3.05, 3.63) is 69.7 Å². The summed E-state index contributed by atoms with van der Waals surface area (Å²) in [6.45, 7) is 0. The highest BCUT2D eigenvalue weighted by molar-refractivity contribution is 6.31. The van der Waals surface area contributed by atoms with Crippen molar-refractivity contribution in [3.63, 3.8) is 0 Å². The Bertz CT molecular complexity index is 765. The lowest BCUT2D eigenvalue weighted by molar-refractivity contribution is -0.125. The number of carbonyl (C=O) groups excluding carboxylic acids is 1. The molecule has 0 bridgehead atoms. The van der Waals surface area contributed by atoms with E-state index in [4.69, 9.17) is 23.2 Å². The molecule has 4 atom stereocenters. The molecule has 24 heavy (non-hydrogen) atoms. The Kier molecular flexibility index (Phi) is 4.22. The molecule has 0 spiro atoms. The predicted molar refractivity (Wildman–Crippen MR) is 94.7 cm³/mol. The van der Waals surface area contributed by atoms with Gasteiger partial charge in [-0.1, -0.05) is 53.5 Å². The fourth-order valence-electron chi connectivity index (χ4n) is 3.80. The van der Waals surface area contributed by atoms with Gasteiger partial charge in [-0.2, -0.15) is 0 Å². The van der Waals surface area contributed by atoms with Gasteiger partial charge in [-0.25, -0.2) is 10.9 Å². The molecule has 0 saturated carbocycles. The summed E-state index contributed by atoms with van der Waals surface area (Å²) in [6.07, 6.45) is 0.298. The summed E-state index contributed by atoms with van der Waals surface area (Å²) < 4.78 is 0. The van der Waals surface area contributed by atoms with Crippen molar-refractivity contribution >= 4 is 29.1 Å². The Hall–Kier alpha value is -1.59. The number of rotatable bonds is 2. The van der Waals surface area contributed by atoms with Crippen LogP contribution in [0.5, 0.6) is 0 Å². The van der Waals surface area contributed by atoms with Gasteiger partial charge in [-0.3, -0.25) is 4.79 Å². The zero-order valence-corrected chi connectivity index (χ0v) is 14.3. The second-order valence-corrected chi connectivity index (χ2v) is 7.12. The van der Waals surface area contributed by atoms with Crippen LogP contribution in [0.2, 0.25) is 10.0 Å². The fraction of sp³-hybridized carbons (Fsp3) is 0.278. The molecule has 2 aliphatic rings. The summed E-state index contributed by atoms with van der Waals surface area (Å²) in [4.78, 5) is 12.1. The van der Waals surface area contributed by atoms with E-state index in [0.717, 1.165) is 11.1 Å². The minimum absolute atomic E-state index is 0.0345. The van der Waals surface area contributed by atoms with E-state index in [1.54, 1.807) is 0 Å². The van der Waals surface area contributed by atoms with Crippen LogP contribution in [0.1, 0.15) is 29.5 Å². The number of benzene rings is 2. The molecule has 2 aromatic carbocycles. The lowest BCUT2D eigenvalue weighted by Gasteiger charge is -2.36. The standard InChI is InChI=1S/C18H17Cl2N3O/c19-11-7-5-10(6-8-11)17-16-13(12-3-1-2-4-14(12)20)9-15(24)21-18(16)23-22-17/h1-8,13,16-18,22-23H,9H2,(H,21,24). The van der Waals surface area contributed by atoms with Crippen LogP contribution in [-0.4, -0.2) is 12.1 Å². The maximum absolute atomic E-state index is 12.1. The summed E-state index contributed by atoms with van der Waals surface area (Å²) in [5.74, 6) is 0.233. The van der Waals surface area contributed by atoms with Crippen LogP contribution in [-0.2, 0) is 4.79 Å². The zero-order chi connectivity index (χ0) is 16.7. The Morgan fingerprint density at radius 1 is 0.958 bits per heavy atom. The third-order valence-electron chi connectivity index (χ3n) is 4.88. The van der Waals surface area contributed by atoms with Crippen molar-refractivity contribution in [2.45, 2.75) is 24.5 Å². The van der Waals surface area contributed by atoms with E-state index in [0.29, 0.717) is 16.5 Å². The molecule has 2 aliphatic heterocycles. The fourth-order valence-corrected chi connectivity index (χ4v) is 4.20. The number of halogens is 2. The van der Waals surface area contributed by atoms with Gasteiger partial charge < -0.3 is 5.32 Å². The van der Waals surface area contributed by atoms with E-state index < -0.39 is 0 Å². The molecule has 2 fully saturated rings. The van der Waals surface area contributed by atoms with E-state index >= 15 is 0 Å². The number of hydrogen-bond acceptors (Lipinski definition) is 3. The molecule has 0 aliphatic carbocycles. The minimum atomic E-state index is -0.131. The molecule has 2 heterocycles. The highest BCUT2D eigenvalue weighted by Crippen LogP contribution is 2.44. The molecular weight excluding hydrogens is 345 g/mol. The number of nitrogens with one attached hydrogen (secondary N) is 3. The first-order chi connectivity index (χ1) is 11.6. The molecule has 2 saturated heterocycles. The van der Waals surface area contributed by atoms with Gasteiger partial charge in [-0.15, -0.1) is 0 Å². The van der Waals surface area contributed by atoms with Gasteiger partial charge in [-0.05, 0) is 29.3 Å². The van der Waals surface area contributed by atoms with Crippen LogP contribution >= 0.6 is 23.2 Å². The zero-order valence-electron chi connectivity index (χ0n) is 12.8. The first-order valence-electron chi connectivity index (χ1n) is 7.94. The first kappa shape index (κ1) is 15.9. The normalized spacial score (nSPS) is 29.2. The van der Waals surface area contributed by atoms with Crippen molar-refractivity contribution in [3.8, 4) is 0 Å². The molecule has 4 nitrogen and oxygen atoms in total. The lowest BCUT2D eigenvalue weighted by Crippen LogP contribution is -2.52. The molecule has 2 aromatic rings. The van der Waals surface area contributed by atoms with Gasteiger partial charge in [0.1, 0.15) is 0 Å². The molecule has 3 N–H and O–H groups in total. The molecule has 0 radical (unpaired) electrons. The van der Waals surface area contributed by atoms with Gasteiger partial charge in [0.2, 0.25) is 5.91 Å². The summed E-state index contributed by atoms with van der Waals surface area (Å²) in [5, 5.41) is 4.44. The van der Waals surface area contributed by atoms with E-state index in [1.807, 2.05) is 48.5 Å². The SMILES string of the molecule is O=C1CC(c2ccccc2Cl)C2C(NNC2c2ccc(Cl)cc2)N1. The second kappa shape index (κ2) is 6.37. The van der Waals surface area contributed by atoms with Crippen LogP contribution < -0.4 is 16.2 Å². The van der Waals surface area contributed by atoms with Gasteiger partial charge in [0.15, 0.2) is 0 Å². The van der Waals surface area contributed by atoms with Gasteiger partial charge >= 0.3 is 0 Å². The Balaban J connectivity index is 1.73. The highest BCUT2D eigenvalue weighted by atomic mass is 35.5. The number of piperidine rings is 1. The van der Waals surface area contributed by atoms with Gasteiger partial charge in [0.05, 0.1) is 12.2 Å². The van der Waals surface area contributed by atoms with Gasteiger partial charge in [0.25, 0.3) is 0 Å². The maximum atomic E-state index is 12.1. The predicted octanol–water partition coefficient (Wildman–Crippen LogP) is 3.39. The van der Waals surface area contributed by atoms with Crippen LogP contribution in [0.25, 0.3) is 0 Å². The summed E-state index contributed by atoms with van der Waals surface area (Å²) in [6, 6.07) is 15.6. The average molecular weight is 362 g/mol. The molecule has 6 heteroatoms. The van der Waals surface area contributed by atoms with Crippen LogP contribution in [0.4, 0.5) is 0 Å². The van der Waals surface area contributed by atoms with Crippen LogP contribution in [0.15, 0.2) is 48.5 Å². The monoisotopic (exact) mass is 361 g/mol. The third-order valence-corrected chi connectivity index (χ3v) is 5.48.